The second kappa shape index (κ2) is 5.54. The fourth-order valence-electron chi connectivity index (χ4n) is 0.516. The van der Waals surface area contributed by atoms with Crippen LogP contribution in [0.4, 0.5) is 0 Å². The van der Waals surface area contributed by atoms with Gasteiger partial charge in [0.15, 0.2) is 0 Å². The molecule has 0 saturated heterocycles. The highest BCUT2D eigenvalue weighted by molar-refractivity contribution is 5.17. The molecule has 2 nitrogen and oxygen atoms in total. The molecule has 1 N–H and O–H groups in total. The molecule has 0 aliphatic heterocycles. The first-order valence-corrected chi connectivity index (χ1v) is 2.89. The molecule has 0 aromatic carbocycles. The molecular weight excluding hydrogens is 116 g/mol. The zero-order chi connectivity index (χ0) is 7.11. The lowest BCUT2D eigenvalue weighted by atomic mass is 10.2. The van der Waals surface area contributed by atoms with Crippen molar-refractivity contribution in [2.45, 2.75) is 13.8 Å². The predicted molar refractivity (Wildman–Crippen MR) is 37.2 cm³/mol. The van der Waals surface area contributed by atoms with E-state index in [0.717, 1.165) is 5.57 Å². The molecule has 0 amide bonds. The summed E-state index contributed by atoms with van der Waals surface area (Å²) in [4.78, 5) is 3.93. The third kappa shape index (κ3) is 3.94. The lowest BCUT2D eigenvalue weighted by Gasteiger charge is -1.94. The van der Waals surface area contributed by atoms with Crippen molar-refractivity contribution >= 4 is 0 Å². The number of allylic oxidation sites excluding steroid dienone is 2. The Hall–Kier alpha value is -0.600. The van der Waals surface area contributed by atoms with Gasteiger partial charge in [-0.3, -0.25) is 5.26 Å². The van der Waals surface area contributed by atoms with Crippen LogP contribution in [0.3, 0.4) is 0 Å². The Kier molecular flexibility index (Phi) is 5.17. The monoisotopic (exact) mass is 128 g/mol. The molecule has 0 aromatic heterocycles. The van der Waals surface area contributed by atoms with Gasteiger partial charge in [-0.2, -0.15) is 0 Å². The second-order valence-corrected chi connectivity index (χ2v) is 1.64. The third-order valence-corrected chi connectivity index (χ3v) is 0.983. The maximum atomic E-state index is 8.02. The van der Waals surface area contributed by atoms with Crippen LogP contribution in [-0.4, -0.2) is 11.9 Å². The molecule has 9 heavy (non-hydrogen) atoms. The standard InChI is InChI=1S/C7H12O2/c1-3-5-7(4-2)6-9-8/h3-5,8H,6H2,1-2H3/b5-3-,7-4+. The van der Waals surface area contributed by atoms with E-state index in [9.17, 15) is 0 Å². The van der Waals surface area contributed by atoms with E-state index in [0.29, 0.717) is 0 Å². The maximum Gasteiger partial charge on any atom is 0.107 e. The summed E-state index contributed by atoms with van der Waals surface area (Å²) in [5.74, 6) is 0. The first-order chi connectivity index (χ1) is 4.35. The molecule has 0 radical (unpaired) electrons. The third-order valence-electron chi connectivity index (χ3n) is 0.983. The summed E-state index contributed by atoms with van der Waals surface area (Å²) in [6.07, 6.45) is 5.67. The van der Waals surface area contributed by atoms with Crippen LogP contribution in [0, 0.1) is 0 Å². The van der Waals surface area contributed by atoms with Crippen LogP contribution in [0.2, 0.25) is 0 Å². The molecule has 0 atom stereocenters. The zero-order valence-electron chi connectivity index (χ0n) is 5.79. The van der Waals surface area contributed by atoms with E-state index in [2.05, 4.69) is 4.89 Å². The van der Waals surface area contributed by atoms with Crippen molar-refractivity contribution in [3.63, 3.8) is 0 Å². The lowest BCUT2D eigenvalue weighted by Crippen LogP contribution is -1.90. The molecule has 0 spiro atoms. The van der Waals surface area contributed by atoms with Crippen LogP contribution in [-0.2, 0) is 4.89 Å². The van der Waals surface area contributed by atoms with Gasteiger partial charge in [0.05, 0.1) is 0 Å². The highest BCUT2D eigenvalue weighted by Gasteiger charge is 1.86. The van der Waals surface area contributed by atoms with E-state index < -0.39 is 0 Å². The first kappa shape index (κ1) is 8.40. The van der Waals surface area contributed by atoms with Crippen molar-refractivity contribution in [2.24, 2.45) is 0 Å². The van der Waals surface area contributed by atoms with Gasteiger partial charge in [-0.25, -0.2) is 4.89 Å². The summed E-state index contributed by atoms with van der Waals surface area (Å²) in [7, 11) is 0. The molecule has 52 valence electrons. The quantitative estimate of drug-likeness (QED) is 0.358. The van der Waals surface area contributed by atoms with Gasteiger partial charge in [0.2, 0.25) is 0 Å². The van der Waals surface area contributed by atoms with Gasteiger partial charge in [0, 0.05) is 0 Å². The van der Waals surface area contributed by atoms with Crippen LogP contribution < -0.4 is 0 Å². The van der Waals surface area contributed by atoms with E-state index in [4.69, 9.17) is 5.26 Å². The van der Waals surface area contributed by atoms with Crippen molar-refractivity contribution in [3.05, 3.63) is 23.8 Å². The molecule has 0 unspecified atom stereocenters. The van der Waals surface area contributed by atoms with Gasteiger partial charge in [0.1, 0.15) is 6.61 Å². The smallest absolute Gasteiger partial charge is 0.107 e. The van der Waals surface area contributed by atoms with Crippen molar-refractivity contribution in [1.82, 2.24) is 0 Å². The van der Waals surface area contributed by atoms with Crippen molar-refractivity contribution in [3.8, 4) is 0 Å². The van der Waals surface area contributed by atoms with Crippen LogP contribution in [0.15, 0.2) is 23.8 Å². The van der Waals surface area contributed by atoms with Gasteiger partial charge in [-0.1, -0.05) is 18.2 Å². The summed E-state index contributed by atoms with van der Waals surface area (Å²) >= 11 is 0. The van der Waals surface area contributed by atoms with E-state index >= 15 is 0 Å². The summed E-state index contributed by atoms with van der Waals surface area (Å²) in [5.41, 5.74) is 0.972. The minimum Gasteiger partial charge on any atom is -0.251 e. The van der Waals surface area contributed by atoms with E-state index in [1.165, 1.54) is 0 Å². The zero-order valence-corrected chi connectivity index (χ0v) is 5.79. The minimum atomic E-state index is 0.265. The first-order valence-electron chi connectivity index (χ1n) is 2.89. The number of hydrogen-bond donors (Lipinski definition) is 1. The van der Waals surface area contributed by atoms with Crippen molar-refractivity contribution < 1.29 is 10.1 Å². The number of rotatable bonds is 3. The topological polar surface area (TPSA) is 29.5 Å². The van der Waals surface area contributed by atoms with E-state index in [-0.39, 0.29) is 6.61 Å². The molecule has 0 saturated carbocycles. The van der Waals surface area contributed by atoms with Gasteiger partial charge < -0.3 is 0 Å². The highest BCUT2D eigenvalue weighted by atomic mass is 17.1. The van der Waals surface area contributed by atoms with Crippen molar-refractivity contribution in [2.75, 3.05) is 6.61 Å². The van der Waals surface area contributed by atoms with E-state index in [1.807, 2.05) is 32.1 Å². The van der Waals surface area contributed by atoms with Crippen LogP contribution in [0.25, 0.3) is 0 Å². The average molecular weight is 128 g/mol. The molecule has 0 heterocycles. The van der Waals surface area contributed by atoms with Gasteiger partial charge in [-0.05, 0) is 19.4 Å². The Morgan fingerprint density at radius 3 is 2.56 bits per heavy atom. The van der Waals surface area contributed by atoms with Crippen LogP contribution in [0.1, 0.15) is 13.8 Å². The SMILES string of the molecule is C/C=C\C(=C/C)COO. The minimum absolute atomic E-state index is 0.265. The molecular formula is C7H12O2. The molecule has 0 fully saturated rings. The molecule has 0 bridgehead atoms. The van der Waals surface area contributed by atoms with Gasteiger partial charge in [0.25, 0.3) is 0 Å². The van der Waals surface area contributed by atoms with Crippen LogP contribution in [0.5, 0.6) is 0 Å². The summed E-state index contributed by atoms with van der Waals surface area (Å²) in [6, 6.07) is 0. The molecule has 2 heteroatoms. The Morgan fingerprint density at radius 1 is 1.56 bits per heavy atom. The summed E-state index contributed by atoms with van der Waals surface area (Å²) < 4.78 is 0. The molecule has 0 rings (SSSR count). The van der Waals surface area contributed by atoms with Crippen LogP contribution >= 0.6 is 0 Å². The maximum absolute atomic E-state index is 8.02. The Labute approximate surface area is 55.4 Å². The molecule has 0 aliphatic rings. The van der Waals surface area contributed by atoms with Crippen molar-refractivity contribution in [1.29, 1.82) is 0 Å². The summed E-state index contributed by atoms with van der Waals surface area (Å²) in [6.45, 7) is 4.08. The fourth-order valence-corrected chi connectivity index (χ4v) is 0.516. The Morgan fingerprint density at radius 2 is 2.22 bits per heavy atom. The normalized spacial score (nSPS) is 13.0. The summed E-state index contributed by atoms with van der Waals surface area (Å²) in [5, 5.41) is 8.02. The predicted octanol–water partition coefficient (Wildman–Crippen LogP) is 2.00. The van der Waals surface area contributed by atoms with Gasteiger partial charge >= 0.3 is 0 Å². The second-order valence-electron chi connectivity index (χ2n) is 1.64. The van der Waals surface area contributed by atoms with E-state index in [1.54, 1.807) is 0 Å². The number of hydrogen-bond acceptors (Lipinski definition) is 2. The average Bonchev–Trinajstić information content (AvgIpc) is 1.88. The van der Waals surface area contributed by atoms with Gasteiger partial charge in [-0.15, -0.1) is 0 Å². The largest absolute Gasteiger partial charge is 0.251 e. The highest BCUT2D eigenvalue weighted by Crippen LogP contribution is 1.95. The fraction of sp³-hybridized carbons (Fsp3) is 0.429. The lowest BCUT2D eigenvalue weighted by molar-refractivity contribution is -0.233. The Balaban J connectivity index is 3.70. The Bertz CT molecular complexity index is 114. The molecule has 0 aliphatic carbocycles. The molecule has 0 aromatic rings.